The van der Waals surface area contributed by atoms with E-state index in [-0.39, 0.29) is 5.91 Å². The molecular weight excluding hydrogens is 234 g/mol. The minimum Gasteiger partial charge on any atom is -0.356 e. The van der Waals surface area contributed by atoms with Crippen molar-refractivity contribution in [2.45, 2.75) is 51.4 Å². The molecular formula is C17H25NO. The SMILES string of the molecule is C[C@H](CNC(=O)CCC1CCCC1)c1ccccc1. The van der Waals surface area contributed by atoms with Crippen LogP contribution in [-0.2, 0) is 4.79 Å². The lowest BCUT2D eigenvalue weighted by Gasteiger charge is -2.14. The second-order valence-electron chi connectivity index (χ2n) is 5.80. The van der Waals surface area contributed by atoms with Gasteiger partial charge in [0.2, 0.25) is 5.91 Å². The van der Waals surface area contributed by atoms with Crippen LogP contribution < -0.4 is 5.32 Å². The smallest absolute Gasteiger partial charge is 0.220 e. The van der Waals surface area contributed by atoms with E-state index in [1.54, 1.807) is 0 Å². The average molecular weight is 259 g/mol. The van der Waals surface area contributed by atoms with Gasteiger partial charge in [-0.25, -0.2) is 0 Å². The average Bonchev–Trinajstić information content (AvgIpc) is 2.96. The summed E-state index contributed by atoms with van der Waals surface area (Å²) in [6, 6.07) is 10.4. The molecule has 1 fully saturated rings. The number of hydrogen-bond acceptors (Lipinski definition) is 1. The second kappa shape index (κ2) is 7.32. The predicted molar refractivity (Wildman–Crippen MR) is 79.1 cm³/mol. The normalized spacial score (nSPS) is 17.3. The summed E-state index contributed by atoms with van der Waals surface area (Å²) in [6.07, 6.45) is 7.15. The molecule has 2 nitrogen and oxygen atoms in total. The predicted octanol–water partition coefficient (Wildman–Crippen LogP) is 3.88. The number of carbonyl (C=O) groups is 1. The summed E-state index contributed by atoms with van der Waals surface area (Å²) in [5.41, 5.74) is 1.29. The molecule has 1 atom stereocenters. The topological polar surface area (TPSA) is 29.1 Å². The van der Waals surface area contributed by atoms with Crippen molar-refractivity contribution in [2.75, 3.05) is 6.54 Å². The fraction of sp³-hybridized carbons (Fsp3) is 0.588. The Morgan fingerprint density at radius 1 is 1.26 bits per heavy atom. The Morgan fingerprint density at radius 3 is 2.63 bits per heavy atom. The molecule has 0 radical (unpaired) electrons. The van der Waals surface area contributed by atoms with Crippen LogP contribution in [0.2, 0.25) is 0 Å². The molecule has 19 heavy (non-hydrogen) atoms. The Kier molecular flexibility index (Phi) is 5.44. The summed E-state index contributed by atoms with van der Waals surface area (Å²) in [6.45, 7) is 2.90. The molecule has 0 aromatic heterocycles. The van der Waals surface area contributed by atoms with Crippen molar-refractivity contribution in [1.29, 1.82) is 0 Å². The first-order chi connectivity index (χ1) is 9.25. The number of carbonyl (C=O) groups excluding carboxylic acids is 1. The Bertz CT molecular complexity index is 382. The Morgan fingerprint density at radius 2 is 1.95 bits per heavy atom. The van der Waals surface area contributed by atoms with Crippen LogP contribution in [0, 0.1) is 5.92 Å². The van der Waals surface area contributed by atoms with Crippen molar-refractivity contribution in [2.24, 2.45) is 5.92 Å². The standard InChI is InChI=1S/C17H25NO/c1-14(16-9-3-2-4-10-16)13-18-17(19)12-11-15-7-5-6-8-15/h2-4,9-10,14-15H,5-8,11-13H2,1H3,(H,18,19)/t14-/m1/s1. The fourth-order valence-electron chi connectivity index (χ4n) is 2.89. The zero-order valence-electron chi connectivity index (χ0n) is 11.9. The molecule has 1 saturated carbocycles. The van der Waals surface area contributed by atoms with Crippen LogP contribution in [0.15, 0.2) is 30.3 Å². The monoisotopic (exact) mass is 259 g/mol. The third-order valence-corrected chi connectivity index (χ3v) is 4.23. The maximum atomic E-state index is 11.8. The highest BCUT2D eigenvalue weighted by molar-refractivity contribution is 5.75. The maximum absolute atomic E-state index is 11.8. The summed E-state index contributed by atoms with van der Waals surface area (Å²) in [4.78, 5) is 11.8. The van der Waals surface area contributed by atoms with E-state index in [4.69, 9.17) is 0 Å². The van der Waals surface area contributed by atoms with Crippen molar-refractivity contribution >= 4 is 5.91 Å². The molecule has 0 heterocycles. The van der Waals surface area contributed by atoms with Crippen LogP contribution in [0.5, 0.6) is 0 Å². The van der Waals surface area contributed by atoms with Gasteiger partial charge < -0.3 is 5.32 Å². The lowest BCUT2D eigenvalue weighted by Crippen LogP contribution is -2.27. The van der Waals surface area contributed by atoms with Crippen LogP contribution in [0.3, 0.4) is 0 Å². The van der Waals surface area contributed by atoms with Crippen molar-refractivity contribution in [3.63, 3.8) is 0 Å². The van der Waals surface area contributed by atoms with Crippen LogP contribution in [0.25, 0.3) is 0 Å². The summed E-state index contributed by atoms with van der Waals surface area (Å²) >= 11 is 0. The van der Waals surface area contributed by atoms with Gasteiger partial charge in [-0.05, 0) is 23.8 Å². The highest BCUT2D eigenvalue weighted by atomic mass is 16.1. The van der Waals surface area contributed by atoms with Gasteiger partial charge in [-0.2, -0.15) is 0 Å². The summed E-state index contributed by atoms with van der Waals surface area (Å²) in [7, 11) is 0. The first kappa shape index (κ1) is 14.1. The molecule has 2 heteroatoms. The van der Waals surface area contributed by atoms with Gasteiger partial charge in [0.1, 0.15) is 0 Å². The van der Waals surface area contributed by atoms with Crippen molar-refractivity contribution < 1.29 is 4.79 Å². The van der Waals surface area contributed by atoms with Gasteiger partial charge in [0, 0.05) is 13.0 Å². The molecule has 0 aliphatic heterocycles. The van der Waals surface area contributed by atoms with E-state index in [1.807, 2.05) is 18.2 Å². The van der Waals surface area contributed by atoms with E-state index in [0.717, 1.165) is 18.9 Å². The minimum absolute atomic E-state index is 0.217. The van der Waals surface area contributed by atoms with Crippen molar-refractivity contribution in [3.05, 3.63) is 35.9 Å². The lowest BCUT2D eigenvalue weighted by molar-refractivity contribution is -0.121. The molecule has 2 rings (SSSR count). The molecule has 0 unspecified atom stereocenters. The molecule has 0 spiro atoms. The Balaban J connectivity index is 1.65. The van der Waals surface area contributed by atoms with Gasteiger partial charge in [0.25, 0.3) is 0 Å². The lowest BCUT2D eigenvalue weighted by atomic mass is 10.0. The largest absolute Gasteiger partial charge is 0.356 e. The molecule has 1 amide bonds. The maximum Gasteiger partial charge on any atom is 0.220 e. The quantitative estimate of drug-likeness (QED) is 0.825. The summed E-state index contributed by atoms with van der Waals surface area (Å²) in [5, 5.41) is 3.07. The minimum atomic E-state index is 0.217. The number of rotatable bonds is 6. The zero-order chi connectivity index (χ0) is 13.5. The van der Waals surface area contributed by atoms with Gasteiger partial charge in [0.05, 0.1) is 0 Å². The van der Waals surface area contributed by atoms with Crippen LogP contribution in [0.1, 0.15) is 56.9 Å². The third-order valence-electron chi connectivity index (χ3n) is 4.23. The summed E-state index contributed by atoms with van der Waals surface area (Å²) < 4.78 is 0. The molecule has 0 saturated heterocycles. The number of nitrogens with one attached hydrogen (secondary N) is 1. The van der Waals surface area contributed by atoms with Crippen LogP contribution in [-0.4, -0.2) is 12.5 Å². The van der Waals surface area contributed by atoms with E-state index in [0.29, 0.717) is 12.3 Å². The first-order valence-corrected chi connectivity index (χ1v) is 7.57. The Hall–Kier alpha value is -1.31. The molecule has 1 aliphatic rings. The van der Waals surface area contributed by atoms with E-state index in [9.17, 15) is 4.79 Å². The second-order valence-corrected chi connectivity index (χ2v) is 5.80. The van der Waals surface area contributed by atoms with Gasteiger partial charge in [0.15, 0.2) is 0 Å². The van der Waals surface area contributed by atoms with E-state index >= 15 is 0 Å². The van der Waals surface area contributed by atoms with Crippen LogP contribution >= 0.6 is 0 Å². The highest BCUT2D eigenvalue weighted by Gasteiger charge is 2.16. The fourth-order valence-corrected chi connectivity index (χ4v) is 2.89. The van der Waals surface area contributed by atoms with Gasteiger partial charge in [-0.15, -0.1) is 0 Å². The van der Waals surface area contributed by atoms with Gasteiger partial charge >= 0.3 is 0 Å². The Labute approximate surface area is 116 Å². The van der Waals surface area contributed by atoms with E-state index < -0.39 is 0 Å². The molecule has 1 aromatic carbocycles. The molecule has 104 valence electrons. The van der Waals surface area contributed by atoms with Crippen molar-refractivity contribution in [1.82, 2.24) is 5.32 Å². The first-order valence-electron chi connectivity index (χ1n) is 7.57. The van der Waals surface area contributed by atoms with Crippen molar-refractivity contribution in [3.8, 4) is 0 Å². The van der Waals surface area contributed by atoms with E-state index in [2.05, 4.69) is 24.4 Å². The molecule has 1 aromatic rings. The van der Waals surface area contributed by atoms with Gasteiger partial charge in [-0.1, -0.05) is 62.9 Å². The van der Waals surface area contributed by atoms with E-state index in [1.165, 1.54) is 31.2 Å². The summed E-state index contributed by atoms with van der Waals surface area (Å²) in [5.74, 6) is 1.41. The molecule has 0 bridgehead atoms. The third kappa shape index (κ3) is 4.70. The number of amides is 1. The highest BCUT2D eigenvalue weighted by Crippen LogP contribution is 2.28. The van der Waals surface area contributed by atoms with Gasteiger partial charge in [-0.3, -0.25) is 4.79 Å². The zero-order valence-corrected chi connectivity index (χ0v) is 11.9. The molecule has 1 aliphatic carbocycles. The van der Waals surface area contributed by atoms with Crippen LogP contribution in [0.4, 0.5) is 0 Å². The number of hydrogen-bond donors (Lipinski definition) is 1. The number of benzene rings is 1. The molecule has 1 N–H and O–H groups in total.